The van der Waals surface area contributed by atoms with E-state index in [0.717, 1.165) is 29.0 Å². The van der Waals surface area contributed by atoms with Crippen LogP contribution in [0.4, 0.5) is 0 Å². The van der Waals surface area contributed by atoms with Gasteiger partial charge in [-0.25, -0.2) is 0 Å². The quantitative estimate of drug-likeness (QED) is 0.568. The predicted octanol–water partition coefficient (Wildman–Crippen LogP) is 5.12. The number of ether oxygens (including phenoxy) is 5. The molecule has 0 saturated heterocycles. The van der Waals surface area contributed by atoms with Gasteiger partial charge in [0.05, 0.1) is 32.5 Å². The Balaban J connectivity index is 1.49. The number of hydrogen-bond acceptors (Lipinski definition) is 7. The van der Waals surface area contributed by atoms with E-state index in [1.807, 2.05) is 13.0 Å². The van der Waals surface area contributed by atoms with Crippen molar-refractivity contribution in [2.45, 2.75) is 51.6 Å². The summed E-state index contributed by atoms with van der Waals surface area (Å²) in [5.74, 6) is 3.11. The van der Waals surface area contributed by atoms with E-state index in [-0.39, 0.29) is 11.5 Å². The van der Waals surface area contributed by atoms with Gasteiger partial charge < -0.3 is 23.7 Å². The maximum absolute atomic E-state index is 13.4. The summed E-state index contributed by atoms with van der Waals surface area (Å²) in [5.41, 5.74) is 3.15. The predicted molar refractivity (Wildman–Crippen MR) is 128 cm³/mol. The zero-order valence-electron chi connectivity index (χ0n) is 20.2. The SMILES string of the molecule is COc1cc(/C=C2\Oc3c4c(cc(C)c3C2=O)OCN(C2CCCCC2)C4)cc(OC)c1OC. The molecule has 1 fully saturated rings. The van der Waals surface area contributed by atoms with Crippen molar-refractivity contribution < 1.29 is 28.5 Å². The fraction of sp³-hybridized carbons (Fsp3) is 0.444. The van der Waals surface area contributed by atoms with E-state index in [9.17, 15) is 4.79 Å². The number of hydrogen-bond donors (Lipinski definition) is 0. The summed E-state index contributed by atoms with van der Waals surface area (Å²) >= 11 is 0. The average molecular weight is 466 g/mol. The van der Waals surface area contributed by atoms with Gasteiger partial charge in [0.25, 0.3) is 0 Å². The first-order valence-electron chi connectivity index (χ1n) is 11.8. The summed E-state index contributed by atoms with van der Waals surface area (Å²) in [7, 11) is 4.69. The molecule has 0 radical (unpaired) electrons. The Hall–Kier alpha value is -3.19. The summed E-state index contributed by atoms with van der Waals surface area (Å²) in [6.07, 6.45) is 7.94. The number of methoxy groups -OCH3 is 3. The zero-order chi connectivity index (χ0) is 23.8. The van der Waals surface area contributed by atoms with Crippen molar-refractivity contribution in [3.8, 4) is 28.7 Å². The van der Waals surface area contributed by atoms with Gasteiger partial charge in [0.2, 0.25) is 11.5 Å². The lowest BCUT2D eigenvalue weighted by atomic mass is 9.93. The zero-order valence-corrected chi connectivity index (χ0v) is 20.2. The standard InChI is InChI=1S/C27H31NO6/c1-16-10-20-19(14-28(15-33-20)18-8-6-5-7-9-18)26-24(16)25(29)21(34-26)11-17-12-22(30-2)27(32-4)23(13-17)31-3/h10-13,18H,5-9,14-15H2,1-4H3/b21-11-. The number of Topliss-reactive ketones (excluding diaryl/α,β-unsaturated/α-hetero) is 1. The van der Waals surface area contributed by atoms with Crippen molar-refractivity contribution in [1.82, 2.24) is 4.90 Å². The second-order valence-corrected chi connectivity index (χ2v) is 9.08. The van der Waals surface area contributed by atoms with Crippen LogP contribution in [0.3, 0.4) is 0 Å². The number of ketones is 1. The maximum Gasteiger partial charge on any atom is 0.232 e. The normalized spacial score (nSPS) is 19.3. The van der Waals surface area contributed by atoms with E-state index in [0.29, 0.717) is 41.3 Å². The van der Waals surface area contributed by atoms with E-state index in [1.54, 1.807) is 39.5 Å². The molecular weight excluding hydrogens is 434 g/mol. The Morgan fingerprint density at radius 3 is 2.35 bits per heavy atom. The number of rotatable bonds is 5. The van der Waals surface area contributed by atoms with Gasteiger partial charge in [-0.15, -0.1) is 0 Å². The maximum atomic E-state index is 13.4. The number of fused-ring (bicyclic) bond motifs is 3. The molecule has 7 heteroatoms. The van der Waals surface area contributed by atoms with Crippen molar-refractivity contribution in [3.63, 3.8) is 0 Å². The summed E-state index contributed by atoms with van der Waals surface area (Å²) in [4.78, 5) is 15.8. The first kappa shape index (κ1) is 22.6. The molecule has 0 atom stereocenters. The number of nitrogens with zero attached hydrogens (tertiary/aromatic N) is 1. The molecule has 2 aromatic rings. The van der Waals surface area contributed by atoms with E-state index in [1.165, 1.54) is 32.1 Å². The topological polar surface area (TPSA) is 66.5 Å². The molecule has 1 aliphatic carbocycles. The van der Waals surface area contributed by atoms with Crippen LogP contribution >= 0.6 is 0 Å². The highest BCUT2D eigenvalue weighted by Crippen LogP contribution is 2.45. The minimum atomic E-state index is -0.126. The van der Waals surface area contributed by atoms with Gasteiger partial charge in [0.1, 0.15) is 18.2 Å². The van der Waals surface area contributed by atoms with Crippen molar-refractivity contribution in [2.24, 2.45) is 0 Å². The second-order valence-electron chi connectivity index (χ2n) is 9.08. The smallest absolute Gasteiger partial charge is 0.232 e. The largest absolute Gasteiger partial charge is 0.493 e. The van der Waals surface area contributed by atoms with Crippen molar-refractivity contribution >= 4 is 11.9 Å². The van der Waals surface area contributed by atoms with Gasteiger partial charge in [0.15, 0.2) is 17.3 Å². The van der Waals surface area contributed by atoms with Crippen LogP contribution < -0.4 is 23.7 Å². The molecule has 2 aromatic carbocycles. The minimum absolute atomic E-state index is 0.126. The molecule has 7 nitrogen and oxygen atoms in total. The molecular formula is C27H31NO6. The first-order valence-corrected chi connectivity index (χ1v) is 11.8. The summed E-state index contributed by atoms with van der Waals surface area (Å²) < 4.78 is 28.7. The fourth-order valence-electron chi connectivity index (χ4n) is 5.26. The third kappa shape index (κ3) is 3.88. The van der Waals surface area contributed by atoms with Gasteiger partial charge in [-0.2, -0.15) is 0 Å². The minimum Gasteiger partial charge on any atom is -0.493 e. The van der Waals surface area contributed by atoms with E-state index < -0.39 is 0 Å². The number of allylic oxidation sites excluding steroid dienone is 1. The van der Waals surface area contributed by atoms with E-state index in [2.05, 4.69) is 4.90 Å². The summed E-state index contributed by atoms with van der Waals surface area (Å²) in [6, 6.07) is 6.08. The van der Waals surface area contributed by atoms with Crippen molar-refractivity contribution in [3.05, 3.63) is 46.2 Å². The Labute approximate surface area is 200 Å². The second kappa shape index (κ2) is 9.22. The van der Waals surface area contributed by atoms with Crippen molar-refractivity contribution in [1.29, 1.82) is 0 Å². The third-order valence-corrected chi connectivity index (χ3v) is 7.03. The van der Waals surface area contributed by atoms with E-state index >= 15 is 0 Å². The molecule has 0 aromatic heterocycles. The van der Waals surface area contributed by atoms with Gasteiger partial charge in [0, 0.05) is 12.6 Å². The molecule has 180 valence electrons. The van der Waals surface area contributed by atoms with Gasteiger partial charge in [-0.1, -0.05) is 19.3 Å². The fourth-order valence-corrected chi connectivity index (χ4v) is 5.26. The van der Waals surface area contributed by atoms with Crippen LogP contribution in [0.15, 0.2) is 24.0 Å². The first-order chi connectivity index (χ1) is 16.5. The lowest BCUT2D eigenvalue weighted by Crippen LogP contribution is -2.41. The molecule has 0 N–H and O–H groups in total. The van der Waals surface area contributed by atoms with Crippen LogP contribution in [0, 0.1) is 6.92 Å². The molecule has 1 saturated carbocycles. The van der Waals surface area contributed by atoms with Crippen LogP contribution in [0.5, 0.6) is 28.7 Å². The number of carbonyl (C=O) groups is 1. The summed E-state index contributed by atoms with van der Waals surface area (Å²) in [5, 5.41) is 0. The highest BCUT2D eigenvalue weighted by atomic mass is 16.5. The summed E-state index contributed by atoms with van der Waals surface area (Å²) in [6.45, 7) is 3.24. The number of benzene rings is 2. The molecule has 0 spiro atoms. The monoisotopic (exact) mass is 465 g/mol. The third-order valence-electron chi connectivity index (χ3n) is 7.03. The average Bonchev–Trinajstić information content (AvgIpc) is 3.20. The molecule has 2 aliphatic heterocycles. The highest BCUT2D eigenvalue weighted by molar-refractivity contribution is 6.16. The molecule has 34 heavy (non-hydrogen) atoms. The Kier molecular flexibility index (Phi) is 6.13. The highest BCUT2D eigenvalue weighted by Gasteiger charge is 2.36. The van der Waals surface area contributed by atoms with Crippen LogP contribution in [0.25, 0.3) is 6.08 Å². The van der Waals surface area contributed by atoms with Crippen LogP contribution in [0.1, 0.15) is 59.2 Å². The number of aryl methyl sites for hydroxylation is 1. The molecule has 2 heterocycles. The Morgan fingerprint density at radius 2 is 1.71 bits per heavy atom. The lowest BCUT2D eigenvalue weighted by Gasteiger charge is -2.37. The number of carbonyl (C=O) groups excluding carboxylic acids is 1. The van der Waals surface area contributed by atoms with Gasteiger partial charge in [-0.3, -0.25) is 9.69 Å². The van der Waals surface area contributed by atoms with Gasteiger partial charge >= 0.3 is 0 Å². The van der Waals surface area contributed by atoms with E-state index in [4.69, 9.17) is 23.7 Å². The van der Waals surface area contributed by atoms with Crippen molar-refractivity contribution in [2.75, 3.05) is 28.1 Å². The molecule has 0 bridgehead atoms. The molecule has 5 rings (SSSR count). The molecule has 0 amide bonds. The van der Waals surface area contributed by atoms with Crippen LogP contribution in [-0.2, 0) is 6.54 Å². The Bertz CT molecular complexity index is 1120. The Morgan fingerprint density at radius 1 is 1.00 bits per heavy atom. The molecule has 0 unspecified atom stereocenters. The molecule has 3 aliphatic rings. The van der Waals surface area contributed by atoms with Crippen LogP contribution in [-0.4, -0.2) is 44.8 Å². The van der Waals surface area contributed by atoms with Crippen LogP contribution in [0.2, 0.25) is 0 Å². The van der Waals surface area contributed by atoms with Gasteiger partial charge in [-0.05, 0) is 55.2 Å². The lowest BCUT2D eigenvalue weighted by molar-refractivity contribution is 0.0393.